The summed E-state index contributed by atoms with van der Waals surface area (Å²) in [5.41, 5.74) is -0.294. The third-order valence-electron chi connectivity index (χ3n) is 3.21. The van der Waals surface area contributed by atoms with Crippen LogP contribution in [0.1, 0.15) is 25.7 Å². The summed E-state index contributed by atoms with van der Waals surface area (Å²) in [7, 11) is -1.95. The van der Waals surface area contributed by atoms with Crippen LogP contribution in [0, 0.1) is 17.2 Å². The van der Waals surface area contributed by atoms with E-state index in [4.69, 9.17) is 16.0 Å². The van der Waals surface area contributed by atoms with Crippen molar-refractivity contribution in [2.75, 3.05) is 5.50 Å². The zero-order valence-corrected chi connectivity index (χ0v) is 11.9. The highest BCUT2D eigenvalue weighted by atomic mass is 35.5. The molecule has 0 aromatic heterocycles. The smallest absolute Gasteiger partial charge is 0.203 e. The molecular weight excluding hydrogens is 238 g/mol. The first-order chi connectivity index (χ1) is 7.49. The minimum absolute atomic E-state index is 0.296. The van der Waals surface area contributed by atoms with Gasteiger partial charge in [0.1, 0.15) is 6.07 Å². The minimum atomic E-state index is -1.95. The highest BCUT2D eigenvalue weighted by Crippen LogP contribution is 2.38. The second-order valence-corrected chi connectivity index (χ2v) is 9.88. The van der Waals surface area contributed by atoms with Gasteiger partial charge in [-0.3, -0.25) is 0 Å². The zero-order chi connectivity index (χ0) is 12.2. The lowest BCUT2D eigenvalue weighted by atomic mass is 9.87. The van der Waals surface area contributed by atoms with Crippen molar-refractivity contribution in [3.05, 3.63) is 12.7 Å². The first-order valence-electron chi connectivity index (χ1n) is 5.80. The van der Waals surface area contributed by atoms with Crippen molar-refractivity contribution in [1.29, 1.82) is 5.26 Å². The molecule has 0 saturated heterocycles. The maximum absolute atomic E-state index is 9.43. The second kappa shape index (κ2) is 5.35. The molecule has 0 aromatic carbocycles. The molecule has 1 fully saturated rings. The van der Waals surface area contributed by atoms with Gasteiger partial charge in [0.2, 0.25) is 8.32 Å². The monoisotopic (exact) mass is 257 g/mol. The fourth-order valence-electron chi connectivity index (χ4n) is 2.29. The first-order valence-corrected chi connectivity index (χ1v) is 9.45. The highest BCUT2D eigenvalue weighted by molar-refractivity contribution is 6.77. The van der Waals surface area contributed by atoms with Crippen LogP contribution in [-0.4, -0.2) is 19.4 Å². The van der Waals surface area contributed by atoms with Gasteiger partial charge in [0.05, 0.1) is 0 Å². The van der Waals surface area contributed by atoms with E-state index in [1.165, 1.54) is 12.8 Å². The van der Waals surface area contributed by atoms with Gasteiger partial charge in [-0.2, -0.15) is 5.26 Å². The van der Waals surface area contributed by atoms with Crippen molar-refractivity contribution in [2.45, 2.75) is 44.4 Å². The van der Waals surface area contributed by atoms with E-state index in [1.54, 1.807) is 6.08 Å². The van der Waals surface area contributed by atoms with E-state index in [0.717, 1.165) is 12.8 Å². The number of hydrogen-bond acceptors (Lipinski definition) is 2. The molecule has 0 N–H and O–H groups in total. The van der Waals surface area contributed by atoms with Gasteiger partial charge in [-0.25, -0.2) is 0 Å². The normalized spacial score (nSPS) is 21.4. The molecule has 1 atom stereocenters. The number of rotatable bonds is 5. The van der Waals surface area contributed by atoms with Crippen molar-refractivity contribution in [3.8, 4) is 6.07 Å². The summed E-state index contributed by atoms with van der Waals surface area (Å²) in [4.78, 5) is 0. The Kier molecular flexibility index (Phi) is 4.60. The molecule has 2 nitrogen and oxygen atoms in total. The summed E-state index contributed by atoms with van der Waals surface area (Å²) < 4.78 is 6.08. The average molecular weight is 258 g/mol. The van der Waals surface area contributed by atoms with Crippen LogP contribution in [0.5, 0.6) is 0 Å². The van der Waals surface area contributed by atoms with Gasteiger partial charge in [0.25, 0.3) is 0 Å². The maximum atomic E-state index is 9.43. The molecule has 0 aliphatic heterocycles. The average Bonchev–Trinajstić information content (AvgIpc) is 2.80. The molecule has 0 radical (unpaired) electrons. The summed E-state index contributed by atoms with van der Waals surface area (Å²) in [5.74, 6) is 0.296. The van der Waals surface area contributed by atoms with Gasteiger partial charge in [0, 0.05) is 11.4 Å². The lowest BCUT2D eigenvalue weighted by molar-refractivity contribution is 0.104. The Bertz CT molecular complexity index is 294. The molecule has 1 rings (SSSR count). The summed E-state index contributed by atoms with van der Waals surface area (Å²) in [6.45, 7) is 7.89. The molecule has 0 bridgehead atoms. The predicted molar refractivity (Wildman–Crippen MR) is 69.8 cm³/mol. The van der Waals surface area contributed by atoms with Gasteiger partial charge < -0.3 is 4.43 Å². The fourth-order valence-corrected chi connectivity index (χ4v) is 3.72. The molecule has 16 heavy (non-hydrogen) atoms. The van der Waals surface area contributed by atoms with Crippen molar-refractivity contribution >= 4 is 19.9 Å². The summed E-state index contributed by atoms with van der Waals surface area (Å²) in [6, 6.07) is 2.33. The number of nitriles is 1. The Morgan fingerprint density at radius 3 is 2.50 bits per heavy atom. The molecule has 1 aliphatic rings. The zero-order valence-electron chi connectivity index (χ0n) is 10.1. The lowest BCUT2D eigenvalue weighted by Crippen LogP contribution is -2.48. The van der Waals surface area contributed by atoms with Crippen molar-refractivity contribution < 1.29 is 4.43 Å². The van der Waals surface area contributed by atoms with Crippen LogP contribution in [0.15, 0.2) is 12.7 Å². The van der Waals surface area contributed by atoms with Gasteiger partial charge in [-0.1, -0.05) is 19.4 Å². The van der Waals surface area contributed by atoms with Gasteiger partial charge >= 0.3 is 0 Å². The Balaban J connectivity index is 2.88. The Morgan fingerprint density at radius 1 is 1.56 bits per heavy atom. The molecule has 0 unspecified atom stereocenters. The number of alkyl halides is 1. The van der Waals surface area contributed by atoms with Gasteiger partial charge in [-0.15, -0.1) is 11.6 Å². The molecule has 0 aromatic rings. The lowest BCUT2D eigenvalue weighted by Gasteiger charge is -2.36. The Labute approximate surface area is 104 Å². The van der Waals surface area contributed by atoms with Gasteiger partial charge in [-0.05, 0) is 32.0 Å². The Morgan fingerprint density at radius 2 is 2.12 bits per heavy atom. The van der Waals surface area contributed by atoms with Crippen LogP contribution in [-0.2, 0) is 4.43 Å². The van der Waals surface area contributed by atoms with E-state index < -0.39 is 13.9 Å². The van der Waals surface area contributed by atoms with Crippen LogP contribution >= 0.6 is 11.6 Å². The number of hydrogen-bond donors (Lipinski definition) is 0. The van der Waals surface area contributed by atoms with E-state index in [-0.39, 0.29) is 0 Å². The topological polar surface area (TPSA) is 33.0 Å². The summed E-state index contributed by atoms with van der Waals surface area (Å²) in [5, 5.41) is 9.43. The molecule has 1 saturated carbocycles. The Hall–Kier alpha value is -0.303. The van der Waals surface area contributed by atoms with Gasteiger partial charge in [0.15, 0.2) is 5.60 Å². The van der Waals surface area contributed by atoms with Crippen LogP contribution in [0.2, 0.25) is 13.1 Å². The molecule has 4 heteroatoms. The molecule has 0 amide bonds. The largest absolute Gasteiger partial charge is 0.395 e. The highest BCUT2D eigenvalue weighted by Gasteiger charge is 2.43. The molecule has 0 heterocycles. The van der Waals surface area contributed by atoms with E-state index in [2.05, 4.69) is 12.6 Å². The van der Waals surface area contributed by atoms with Crippen molar-refractivity contribution in [1.82, 2.24) is 0 Å². The van der Waals surface area contributed by atoms with Crippen molar-refractivity contribution in [2.24, 2.45) is 5.92 Å². The van der Waals surface area contributed by atoms with E-state index in [1.807, 2.05) is 13.1 Å². The summed E-state index contributed by atoms with van der Waals surface area (Å²) >= 11 is 5.91. The quantitative estimate of drug-likeness (QED) is 0.428. The molecule has 1 aliphatic carbocycles. The first kappa shape index (κ1) is 13.8. The number of nitrogens with zero attached hydrogens (tertiary/aromatic N) is 1. The SMILES string of the molecule is C=C[C@](C#N)(O[Si](C)(C)CCl)C1CCCC1. The third-order valence-corrected chi connectivity index (χ3v) is 6.67. The van der Waals surface area contributed by atoms with Crippen LogP contribution in [0.4, 0.5) is 0 Å². The van der Waals surface area contributed by atoms with Crippen LogP contribution in [0.3, 0.4) is 0 Å². The maximum Gasteiger partial charge on any atom is 0.203 e. The minimum Gasteiger partial charge on any atom is -0.395 e. The fraction of sp³-hybridized carbons (Fsp3) is 0.750. The van der Waals surface area contributed by atoms with E-state index in [9.17, 15) is 5.26 Å². The molecule has 90 valence electrons. The van der Waals surface area contributed by atoms with Crippen LogP contribution in [0.25, 0.3) is 0 Å². The van der Waals surface area contributed by atoms with Crippen LogP contribution < -0.4 is 0 Å². The summed E-state index contributed by atoms with van der Waals surface area (Å²) in [6.07, 6.45) is 6.19. The van der Waals surface area contributed by atoms with E-state index >= 15 is 0 Å². The third kappa shape index (κ3) is 2.88. The molecular formula is C12H20ClNOSi. The predicted octanol–water partition coefficient (Wildman–Crippen LogP) is 3.62. The van der Waals surface area contributed by atoms with Crippen molar-refractivity contribution in [3.63, 3.8) is 0 Å². The number of halogens is 1. The second-order valence-electron chi connectivity index (χ2n) is 5.09. The van der Waals surface area contributed by atoms with E-state index in [0.29, 0.717) is 11.4 Å². The standard InChI is InChI=1S/C12H20ClNOSi/c1-4-12(9-14,11-7-5-6-8-11)15-16(2,3)10-13/h4,11H,1,5-8,10H2,2-3H3/t12-/m1/s1. The molecule has 0 spiro atoms.